The molecule has 0 atom stereocenters. The Morgan fingerprint density at radius 1 is 0.544 bits per heavy atom. The fraction of sp³-hybridized carbons (Fsp3) is 0.0227. The number of carbonyl (C=O) groups excluding carboxylic acids is 5. The Hall–Kier alpha value is -6.83. The van der Waals surface area contributed by atoms with Crippen LogP contribution in [0.4, 0.5) is 22.4 Å². The minimum atomic E-state index is -1.09. The van der Waals surface area contributed by atoms with Gasteiger partial charge in [-0.05, 0) is 99.9 Å². The van der Waals surface area contributed by atoms with Gasteiger partial charge in [-0.2, -0.15) is 0 Å². The molecule has 0 unspecified atom stereocenters. The van der Waals surface area contributed by atoms with E-state index in [9.17, 15) is 41.5 Å². The number of halogens is 4. The Morgan fingerprint density at radius 3 is 1.28 bits per heavy atom. The number of thiophene rings is 2. The minimum absolute atomic E-state index is 0.0459. The van der Waals surface area contributed by atoms with Gasteiger partial charge in [-0.1, -0.05) is 30.3 Å². The largest absolute Gasteiger partial charge is 0.444 e. The zero-order valence-electron chi connectivity index (χ0n) is 28.7. The monoisotopic (exact) mass is 797 g/mol. The summed E-state index contributed by atoms with van der Waals surface area (Å²) in [6.07, 6.45) is 2.10. The Labute approximate surface area is 325 Å². The fourth-order valence-electron chi connectivity index (χ4n) is 7.38. The summed E-state index contributed by atoms with van der Waals surface area (Å²) in [7, 11) is 0. The standard InChI is InChI=1S/C44H19F4NO6S2/c45-32-10-20-6-26-27(7-21(20)11-33(32)46)39(51)30(38(26)50)14-24-16-36-42(56-24)43-37(49(36)44(54)55-18-19-4-2-1-3-5-19)17-25(57-43)15-31-40(52)28-8-22-12-34(47)35(48)13-23(22)9-29(28)41(31)53/h1-17H,18H2. The number of allylic oxidation sites excluding steroid dienone is 2. The molecule has 13 heteroatoms. The maximum absolute atomic E-state index is 14.0. The molecule has 0 aliphatic heterocycles. The molecule has 3 heterocycles. The SMILES string of the molecule is O=C1C(=Cc2cc3c(s2)c2sc(C=C4C(=O)c5cc6cc(F)c(F)cc6cc5C4=O)cc2n3C(=O)OCc2ccccc2)C(=O)c2cc3cc(F)c(F)cc3cc21. The molecule has 0 radical (unpaired) electrons. The van der Waals surface area contributed by atoms with Crippen LogP contribution in [0.2, 0.25) is 0 Å². The maximum Gasteiger partial charge on any atom is 0.419 e. The van der Waals surface area contributed by atoms with Crippen molar-refractivity contribution in [1.29, 1.82) is 0 Å². The van der Waals surface area contributed by atoms with Gasteiger partial charge in [-0.25, -0.2) is 26.9 Å². The van der Waals surface area contributed by atoms with Crippen molar-refractivity contribution >= 4 is 106 Å². The average Bonchev–Trinajstić information content (AvgIpc) is 3.96. The molecule has 0 N–H and O–H groups in total. The van der Waals surface area contributed by atoms with Crippen molar-refractivity contribution in [3.05, 3.63) is 163 Å². The highest BCUT2D eigenvalue weighted by molar-refractivity contribution is 7.28. The first-order valence-electron chi connectivity index (χ1n) is 17.2. The lowest BCUT2D eigenvalue weighted by Crippen LogP contribution is -2.13. The highest BCUT2D eigenvalue weighted by Gasteiger charge is 2.36. The maximum atomic E-state index is 14.0. The van der Waals surface area contributed by atoms with Gasteiger partial charge in [-0.3, -0.25) is 19.2 Å². The van der Waals surface area contributed by atoms with E-state index in [4.69, 9.17) is 4.74 Å². The number of benzene rings is 5. The van der Waals surface area contributed by atoms with E-state index in [0.717, 1.165) is 29.8 Å². The van der Waals surface area contributed by atoms with Crippen molar-refractivity contribution < 1.29 is 46.3 Å². The van der Waals surface area contributed by atoms with Gasteiger partial charge in [0.15, 0.2) is 46.4 Å². The summed E-state index contributed by atoms with van der Waals surface area (Å²) in [6, 6.07) is 21.6. The number of nitrogens with zero attached hydrogens (tertiary/aromatic N) is 1. The van der Waals surface area contributed by atoms with Crippen LogP contribution >= 0.6 is 22.7 Å². The van der Waals surface area contributed by atoms with Crippen LogP contribution in [0.15, 0.2) is 102 Å². The zero-order chi connectivity index (χ0) is 39.4. The normalized spacial score (nSPS) is 13.8. The lowest BCUT2D eigenvalue weighted by Gasteiger charge is -2.07. The molecule has 2 aliphatic carbocycles. The number of ether oxygens (including phenoxy) is 1. The average molecular weight is 798 g/mol. The number of Topliss-reactive ketones (excluding diaryl/α,β-unsaturated/α-hetero) is 4. The number of rotatable bonds is 4. The van der Waals surface area contributed by atoms with Crippen molar-refractivity contribution in [3.63, 3.8) is 0 Å². The van der Waals surface area contributed by atoms with E-state index in [2.05, 4.69) is 0 Å². The highest BCUT2D eigenvalue weighted by atomic mass is 32.1. The van der Waals surface area contributed by atoms with Crippen LogP contribution in [0.1, 0.15) is 56.7 Å². The van der Waals surface area contributed by atoms with E-state index in [0.29, 0.717) is 30.2 Å². The predicted octanol–water partition coefficient (Wildman–Crippen LogP) is 10.9. The van der Waals surface area contributed by atoms with E-state index in [1.807, 2.05) is 6.07 Å². The van der Waals surface area contributed by atoms with Crippen molar-refractivity contribution in [2.24, 2.45) is 0 Å². The second kappa shape index (κ2) is 12.6. The molecule has 0 spiro atoms. The molecule has 8 aromatic rings. The molecule has 0 amide bonds. The molecule has 3 aromatic heterocycles. The van der Waals surface area contributed by atoms with Gasteiger partial charge >= 0.3 is 6.09 Å². The highest BCUT2D eigenvalue weighted by Crippen LogP contribution is 2.43. The summed E-state index contributed by atoms with van der Waals surface area (Å²) in [5.74, 6) is -6.69. The molecule has 0 saturated carbocycles. The molecule has 0 fully saturated rings. The minimum Gasteiger partial charge on any atom is -0.444 e. The molecule has 0 saturated heterocycles. The second-order valence-electron chi connectivity index (χ2n) is 13.6. The number of ketones is 4. The summed E-state index contributed by atoms with van der Waals surface area (Å²) < 4.78 is 64.2. The quantitative estimate of drug-likeness (QED) is 0.0999. The Kier molecular flexibility index (Phi) is 7.66. The van der Waals surface area contributed by atoms with Crippen molar-refractivity contribution in [3.8, 4) is 0 Å². The Balaban J connectivity index is 1.06. The molecular weight excluding hydrogens is 779 g/mol. The Morgan fingerprint density at radius 2 is 0.912 bits per heavy atom. The number of carbonyl (C=O) groups is 5. The van der Waals surface area contributed by atoms with Gasteiger partial charge in [0.1, 0.15) is 6.61 Å². The first-order chi connectivity index (χ1) is 27.4. The summed E-state index contributed by atoms with van der Waals surface area (Å²) in [4.78, 5) is 68.9. The van der Waals surface area contributed by atoms with Gasteiger partial charge in [0.2, 0.25) is 0 Å². The van der Waals surface area contributed by atoms with Gasteiger partial charge in [0.05, 0.1) is 31.6 Å². The first kappa shape index (κ1) is 34.6. The lowest BCUT2D eigenvalue weighted by atomic mass is 10.0. The summed E-state index contributed by atoms with van der Waals surface area (Å²) in [5, 5.41) is 1.04. The molecule has 5 aromatic carbocycles. The van der Waals surface area contributed by atoms with E-state index < -0.39 is 52.5 Å². The topological polar surface area (TPSA) is 99.5 Å². The molecule has 0 bridgehead atoms. The molecule has 7 nitrogen and oxygen atoms in total. The van der Waals surface area contributed by atoms with E-state index in [1.165, 1.54) is 63.7 Å². The first-order valence-corrected chi connectivity index (χ1v) is 18.8. The third kappa shape index (κ3) is 5.41. The van der Waals surface area contributed by atoms with Gasteiger partial charge in [0.25, 0.3) is 0 Å². The molecular formula is C44H19F4NO6S2. The predicted molar refractivity (Wildman–Crippen MR) is 208 cm³/mol. The smallest absolute Gasteiger partial charge is 0.419 e. The molecule has 2 aliphatic rings. The van der Waals surface area contributed by atoms with Gasteiger partial charge in [0, 0.05) is 32.0 Å². The van der Waals surface area contributed by atoms with E-state index in [1.54, 1.807) is 36.4 Å². The summed E-state index contributed by atoms with van der Waals surface area (Å²) in [5.41, 5.74) is 1.50. The Bertz CT molecular complexity index is 2970. The number of hydrogen-bond acceptors (Lipinski definition) is 8. The molecule has 276 valence electrons. The van der Waals surface area contributed by atoms with Crippen LogP contribution in [0.5, 0.6) is 0 Å². The van der Waals surface area contributed by atoms with Crippen LogP contribution < -0.4 is 0 Å². The van der Waals surface area contributed by atoms with Crippen LogP contribution in [-0.4, -0.2) is 33.8 Å². The van der Waals surface area contributed by atoms with E-state index >= 15 is 0 Å². The van der Waals surface area contributed by atoms with Crippen molar-refractivity contribution in [2.75, 3.05) is 0 Å². The second-order valence-corrected chi connectivity index (χ2v) is 15.7. The number of hydrogen-bond donors (Lipinski definition) is 0. The fourth-order valence-corrected chi connectivity index (χ4v) is 9.70. The molecule has 57 heavy (non-hydrogen) atoms. The summed E-state index contributed by atoms with van der Waals surface area (Å²) in [6.45, 7) is -0.0459. The molecule has 10 rings (SSSR count). The van der Waals surface area contributed by atoms with Crippen LogP contribution in [-0.2, 0) is 11.3 Å². The number of aromatic nitrogens is 1. The number of fused-ring (bicyclic) bond motifs is 7. The zero-order valence-corrected chi connectivity index (χ0v) is 30.4. The van der Waals surface area contributed by atoms with Crippen LogP contribution in [0, 0.1) is 23.3 Å². The van der Waals surface area contributed by atoms with Gasteiger partial charge in [-0.15, -0.1) is 22.7 Å². The summed E-state index contributed by atoms with van der Waals surface area (Å²) >= 11 is 2.38. The van der Waals surface area contributed by atoms with Crippen molar-refractivity contribution in [1.82, 2.24) is 4.57 Å². The van der Waals surface area contributed by atoms with Crippen molar-refractivity contribution in [2.45, 2.75) is 6.61 Å². The third-order valence-electron chi connectivity index (χ3n) is 10.1. The van der Waals surface area contributed by atoms with Gasteiger partial charge < -0.3 is 4.74 Å². The van der Waals surface area contributed by atoms with E-state index in [-0.39, 0.29) is 61.6 Å². The third-order valence-corrected chi connectivity index (χ3v) is 12.4. The van der Waals surface area contributed by atoms with Crippen LogP contribution in [0.3, 0.4) is 0 Å². The lowest BCUT2D eigenvalue weighted by molar-refractivity contribution is 0.0975. The van der Waals surface area contributed by atoms with Crippen LogP contribution in [0.25, 0.3) is 54.1 Å².